The zero-order valence-corrected chi connectivity index (χ0v) is 26.1. The van der Waals surface area contributed by atoms with Crippen molar-refractivity contribution in [2.75, 3.05) is 14.2 Å². The first-order valence-electron chi connectivity index (χ1n) is 11.1. The van der Waals surface area contributed by atoms with Gasteiger partial charge in [0.15, 0.2) is 0 Å². The Morgan fingerprint density at radius 2 is 1.31 bits per heavy atom. The minimum Gasteiger partial charge on any atom is -0.465 e. The summed E-state index contributed by atoms with van der Waals surface area (Å²) in [5.74, 6) is -0.574. The minimum atomic E-state index is -0.423. The third-order valence-corrected chi connectivity index (χ3v) is 9.99. The van der Waals surface area contributed by atoms with E-state index in [2.05, 4.69) is 38.4 Å². The Labute approximate surface area is 234 Å². The fraction of sp³-hybridized carbons (Fsp3) is 0.440. The van der Waals surface area contributed by atoms with Crippen molar-refractivity contribution in [1.82, 2.24) is 0 Å². The molecule has 1 fully saturated rings. The summed E-state index contributed by atoms with van der Waals surface area (Å²) in [6.07, 6.45) is 0. The van der Waals surface area contributed by atoms with Crippen LogP contribution in [0.4, 0.5) is 0 Å². The summed E-state index contributed by atoms with van der Waals surface area (Å²) in [6, 6.07) is 0. The van der Waals surface area contributed by atoms with Gasteiger partial charge in [0.05, 0.1) is 36.5 Å². The second-order valence-corrected chi connectivity index (χ2v) is 12.3. The number of hydrogen-bond donors (Lipinski definition) is 0. The molecule has 0 unspecified atom stereocenters. The number of carbonyl (C=O) groups excluding carboxylic acids is 2. The third-order valence-electron chi connectivity index (χ3n) is 6.00. The summed E-state index contributed by atoms with van der Waals surface area (Å²) in [5.41, 5.74) is 3.68. The molecule has 0 N–H and O–H groups in total. The van der Waals surface area contributed by atoms with E-state index in [0.29, 0.717) is 11.1 Å². The first kappa shape index (κ1) is 30.7. The van der Waals surface area contributed by atoms with E-state index in [9.17, 15) is 9.59 Å². The van der Waals surface area contributed by atoms with Gasteiger partial charge in [-0.1, -0.05) is 0 Å². The maximum absolute atomic E-state index is 11.6. The predicted molar refractivity (Wildman–Crippen MR) is 153 cm³/mol. The Morgan fingerprint density at radius 3 is 1.69 bits per heavy atom. The van der Waals surface area contributed by atoms with Crippen LogP contribution in [0.15, 0.2) is 31.4 Å². The number of hydrogen-bond acceptors (Lipinski definition) is 9. The number of carbonyl (C=O) groups is 2. The molecule has 3 aromatic rings. The molecule has 1 aliphatic heterocycles. The molecule has 0 aromatic carbocycles. The summed E-state index contributed by atoms with van der Waals surface area (Å²) in [7, 11) is 2.35. The number of thiophene rings is 3. The van der Waals surface area contributed by atoms with Crippen molar-refractivity contribution in [3.05, 3.63) is 59.2 Å². The monoisotopic (exact) mass is 614 g/mol. The molecule has 11 heteroatoms. The van der Waals surface area contributed by atoms with E-state index in [1.54, 1.807) is 22.1 Å². The molecule has 0 aliphatic carbocycles. The lowest BCUT2D eigenvalue weighted by molar-refractivity contribution is 0.00578. The highest BCUT2D eigenvalue weighted by Gasteiger charge is 2.52. The van der Waals surface area contributed by atoms with Gasteiger partial charge in [-0.2, -0.15) is 34.0 Å². The molecule has 0 amide bonds. The molecule has 4 rings (SSSR count). The van der Waals surface area contributed by atoms with Crippen molar-refractivity contribution in [3.8, 4) is 0 Å². The van der Waals surface area contributed by atoms with Gasteiger partial charge in [-0.15, -0.1) is 0 Å². The quantitative estimate of drug-likeness (QED) is 0.239. The molecule has 1 aliphatic rings. The number of rotatable bonds is 3. The third kappa shape index (κ3) is 7.29. The Morgan fingerprint density at radius 1 is 0.806 bits per heavy atom. The highest BCUT2D eigenvalue weighted by atomic mass is 79.9. The van der Waals surface area contributed by atoms with E-state index in [4.69, 9.17) is 14.0 Å². The van der Waals surface area contributed by atoms with Crippen LogP contribution in [0.25, 0.3) is 0 Å². The molecule has 0 spiro atoms. The van der Waals surface area contributed by atoms with Crippen LogP contribution >= 0.6 is 49.9 Å². The van der Waals surface area contributed by atoms with Crippen LogP contribution in [0.5, 0.6) is 0 Å². The number of halogens is 1. The van der Waals surface area contributed by atoms with E-state index < -0.39 is 7.12 Å². The maximum Gasteiger partial charge on any atom is 0.505 e. The Bertz CT molecular complexity index is 1150. The van der Waals surface area contributed by atoms with Crippen LogP contribution in [0, 0.1) is 20.8 Å². The Balaban J connectivity index is 0.000000222. The number of esters is 2. The molecule has 0 radical (unpaired) electrons. The van der Waals surface area contributed by atoms with Gasteiger partial charge >= 0.3 is 19.1 Å². The van der Waals surface area contributed by atoms with Gasteiger partial charge in [0.1, 0.15) is 0 Å². The molecule has 0 atom stereocenters. The van der Waals surface area contributed by atoms with Crippen LogP contribution < -0.4 is 4.78 Å². The van der Waals surface area contributed by atoms with Gasteiger partial charge in [-0.05, 0) is 91.8 Å². The lowest BCUT2D eigenvalue weighted by Crippen LogP contribution is -2.41. The van der Waals surface area contributed by atoms with Crippen LogP contribution in [0.2, 0.25) is 0 Å². The van der Waals surface area contributed by atoms with Crippen molar-refractivity contribution in [2.24, 2.45) is 0 Å². The Hall–Kier alpha value is -1.50. The summed E-state index contributed by atoms with van der Waals surface area (Å²) in [4.78, 5) is 22.5. The lowest BCUT2D eigenvalue weighted by Gasteiger charge is -2.32. The van der Waals surface area contributed by atoms with Gasteiger partial charge in [0.25, 0.3) is 0 Å². The average molecular weight is 615 g/mol. The predicted octanol–water partition coefficient (Wildman–Crippen LogP) is 6.80. The SMILES string of the molecule is COC(=O)c1csc(B2OC(C)(C)C(C)(C)O2)c1C.COC(=O)c1cscc1C.Cc1cscc1Br. The zero-order valence-electron chi connectivity index (χ0n) is 22.0. The summed E-state index contributed by atoms with van der Waals surface area (Å²) in [5, 5.41) is 9.70. The van der Waals surface area contributed by atoms with Gasteiger partial charge < -0.3 is 18.8 Å². The minimum absolute atomic E-state index is 0.251. The standard InChI is InChI=1S/C13H19BO4S.C7H8O2S.C5H5BrS/c1-8-9(11(15)16-6)7-19-10(8)14-17-12(2,3)13(4,5)18-14;1-5-3-10-4-6(5)7(8)9-2;1-4-2-7-3-5(4)6/h7H,1-6H3;3-4H,1-2H3;2-3H,1H3. The molecule has 1 saturated heterocycles. The van der Waals surface area contributed by atoms with E-state index in [0.717, 1.165) is 15.9 Å². The van der Waals surface area contributed by atoms with Crippen LogP contribution in [0.1, 0.15) is 65.1 Å². The molecule has 4 heterocycles. The molecule has 0 saturated carbocycles. The van der Waals surface area contributed by atoms with E-state index >= 15 is 0 Å². The second kappa shape index (κ2) is 12.8. The molecule has 196 valence electrons. The van der Waals surface area contributed by atoms with Crippen LogP contribution in [-0.2, 0) is 18.8 Å². The first-order valence-corrected chi connectivity index (χ1v) is 14.6. The fourth-order valence-corrected chi connectivity index (χ4v) is 6.07. The zero-order chi connectivity index (χ0) is 27.3. The molecule has 6 nitrogen and oxygen atoms in total. The fourth-order valence-electron chi connectivity index (χ4n) is 2.95. The number of ether oxygens (including phenoxy) is 2. The molecule has 36 heavy (non-hydrogen) atoms. The van der Waals surface area contributed by atoms with Crippen molar-refractivity contribution in [1.29, 1.82) is 0 Å². The largest absolute Gasteiger partial charge is 0.505 e. The average Bonchev–Trinajstić information content (AvgIpc) is 3.56. The molecule has 3 aromatic heterocycles. The van der Waals surface area contributed by atoms with Crippen LogP contribution in [-0.4, -0.2) is 44.5 Å². The highest BCUT2D eigenvalue weighted by Crippen LogP contribution is 2.37. The Kier molecular flexibility index (Phi) is 11.0. The van der Waals surface area contributed by atoms with Crippen molar-refractivity contribution >= 4 is 73.8 Å². The summed E-state index contributed by atoms with van der Waals surface area (Å²) < 4.78 is 23.4. The van der Waals surface area contributed by atoms with E-state index in [-0.39, 0.29) is 23.1 Å². The van der Waals surface area contributed by atoms with Gasteiger partial charge in [-0.25, -0.2) is 9.59 Å². The van der Waals surface area contributed by atoms with Crippen molar-refractivity contribution in [3.63, 3.8) is 0 Å². The topological polar surface area (TPSA) is 71.1 Å². The van der Waals surface area contributed by atoms with Crippen molar-refractivity contribution in [2.45, 2.75) is 59.7 Å². The smallest absolute Gasteiger partial charge is 0.465 e. The molecular formula is C25H32BBrO6S3. The lowest BCUT2D eigenvalue weighted by atomic mass is 9.84. The molecular weight excluding hydrogens is 583 g/mol. The van der Waals surface area contributed by atoms with Crippen molar-refractivity contribution < 1.29 is 28.4 Å². The normalized spacial score (nSPS) is 15.3. The first-order chi connectivity index (χ1) is 16.8. The maximum atomic E-state index is 11.6. The summed E-state index contributed by atoms with van der Waals surface area (Å²) >= 11 is 8.07. The van der Waals surface area contributed by atoms with E-state index in [1.807, 2.05) is 46.9 Å². The van der Waals surface area contributed by atoms with Crippen LogP contribution in [0.3, 0.4) is 0 Å². The van der Waals surface area contributed by atoms with E-state index in [1.165, 1.54) is 46.9 Å². The number of methoxy groups -OCH3 is 2. The summed E-state index contributed by atoms with van der Waals surface area (Å²) in [6.45, 7) is 13.9. The van der Waals surface area contributed by atoms with Gasteiger partial charge in [0.2, 0.25) is 0 Å². The highest BCUT2D eigenvalue weighted by molar-refractivity contribution is 9.10. The second-order valence-electron chi connectivity index (χ2n) is 9.08. The number of aryl methyl sites for hydroxylation is 2. The van der Waals surface area contributed by atoms with Gasteiger partial charge in [-0.3, -0.25) is 0 Å². The molecule has 0 bridgehead atoms. The van der Waals surface area contributed by atoms with Gasteiger partial charge in [0, 0.05) is 25.4 Å².